The number of sulfonamides is 1. The topological polar surface area (TPSA) is 76.2 Å². The van der Waals surface area contributed by atoms with Crippen LogP contribution in [0.4, 0.5) is 0 Å². The molecular weight excluding hydrogens is 508 g/mol. The number of hydrogen-bond acceptors (Lipinski definition) is 6. The van der Waals surface area contributed by atoms with Crippen LogP contribution >= 0.6 is 11.3 Å². The van der Waals surface area contributed by atoms with Crippen molar-refractivity contribution in [2.24, 2.45) is 5.92 Å². The summed E-state index contributed by atoms with van der Waals surface area (Å²) in [6.45, 7) is 4.95. The molecule has 0 bridgehead atoms. The van der Waals surface area contributed by atoms with Crippen molar-refractivity contribution in [1.29, 1.82) is 0 Å². The van der Waals surface area contributed by atoms with Gasteiger partial charge in [0.25, 0.3) is 0 Å². The molecule has 1 aliphatic rings. The smallest absolute Gasteiger partial charge is 0.243 e. The predicted octanol–water partition coefficient (Wildman–Crippen LogP) is 5.00. The normalized spacial score (nSPS) is 15.6. The Kier molecular flexibility index (Phi) is 8.89. The fourth-order valence-corrected chi connectivity index (χ4v) is 6.72. The van der Waals surface area contributed by atoms with Gasteiger partial charge in [0.05, 0.1) is 24.6 Å². The van der Waals surface area contributed by atoms with Gasteiger partial charge in [0.2, 0.25) is 15.9 Å². The molecule has 198 valence electrons. The van der Waals surface area contributed by atoms with Crippen molar-refractivity contribution in [3.05, 3.63) is 76.5 Å². The maximum absolute atomic E-state index is 13.7. The first-order valence-corrected chi connectivity index (χ1v) is 14.8. The SMILES string of the molecule is COc1ccc(S(=O)(=O)N(CCC(C)C)CC(=O)N2CCc3sccc3[C@@H]2COc2ccccc2)cc1. The van der Waals surface area contributed by atoms with E-state index in [1.165, 1.54) is 28.4 Å². The van der Waals surface area contributed by atoms with E-state index < -0.39 is 10.0 Å². The lowest BCUT2D eigenvalue weighted by atomic mass is 10.0. The average molecular weight is 543 g/mol. The zero-order valence-corrected chi connectivity index (χ0v) is 23.1. The summed E-state index contributed by atoms with van der Waals surface area (Å²) in [5.41, 5.74) is 1.08. The summed E-state index contributed by atoms with van der Waals surface area (Å²) in [7, 11) is -2.34. The summed E-state index contributed by atoms with van der Waals surface area (Å²) in [6.07, 6.45) is 1.40. The third kappa shape index (κ3) is 6.52. The van der Waals surface area contributed by atoms with E-state index in [-0.39, 0.29) is 29.9 Å². The molecule has 7 nitrogen and oxygen atoms in total. The maximum Gasteiger partial charge on any atom is 0.243 e. The molecule has 1 amide bonds. The monoisotopic (exact) mass is 542 g/mol. The molecule has 0 saturated carbocycles. The highest BCUT2D eigenvalue weighted by Gasteiger charge is 2.35. The molecule has 0 spiro atoms. The van der Waals surface area contributed by atoms with Gasteiger partial charge in [0.15, 0.2) is 0 Å². The van der Waals surface area contributed by atoms with E-state index in [9.17, 15) is 13.2 Å². The van der Waals surface area contributed by atoms with Gasteiger partial charge in [0.1, 0.15) is 18.1 Å². The van der Waals surface area contributed by atoms with E-state index >= 15 is 0 Å². The Hall–Kier alpha value is -2.88. The van der Waals surface area contributed by atoms with Gasteiger partial charge in [-0.25, -0.2) is 8.42 Å². The standard InChI is InChI=1S/C28H34N2O5S2/c1-21(2)13-16-29(37(32,33)24-11-9-22(34-3)10-12-24)19-28(31)30-17-14-27-25(15-18-36-27)26(30)20-35-23-7-5-4-6-8-23/h4-12,15,18,21,26H,13-14,16-17,19-20H2,1-3H3/t26-/m0/s1. The second kappa shape index (κ2) is 12.1. The first-order valence-electron chi connectivity index (χ1n) is 12.5. The molecule has 0 saturated heterocycles. The predicted molar refractivity (Wildman–Crippen MR) is 146 cm³/mol. The average Bonchev–Trinajstić information content (AvgIpc) is 3.39. The van der Waals surface area contributed by atoms with Gasteiger partial charge in [-0.15, -0.1) is 11.3 Å². The van der Waals surface area contributed by atoms with E-state index in [0.29, 0.717) is 31.2 Å². The van der Waals surface area contributed by atoms with Crippen molar-refractivity contribution in [1.82, 2.24) is 9.21 Å². The highest BCUT2D eigenvalue weighted by atomic mass is 32.2. The van der Waals surface area contributed by atoms with Crippen LogP contribution in [0.15, 0.2) is 70.9 Å². The summed E-state index contributed by atoms with van der Waals surface area (Å²) in [5.74, 6) is 1.38. The number of ether oxygens (including phenoxy) is 2. The molecular formula is C28H34N2O5S2. The van der Waals surface area contributed by atoms with Crippen molar-refractivity contribution < 1.29 is 22.7 Å². The second-order valence-electron chi connectivity index (χ2n) is 9.47. The van der Waals surface area contributed by atoms with Crippen molar-refractivity contribution in [3.8, 4) is 11.5 Å². The van der Waals surface area contributed by atoms with Gasteiger partial charge in [0, 0.05) is 18.0 Å². The lowest BCUT2D eigenvalue weighted by Crippen LogP contribution is -2.48. The van der Waals surface area contributed by atoms with E-state index in [2.05, 4.69) is 0 Å². The van der Waals surface area contributed by atoms with Gasteiger partial charge in [-0.05, 0) is 72.2 Å². The first kappa shape index (κ1) is 27.2. The number of rotatable bonds is 11. The molecule has 0 N–H and O–H groups in total. The fourth-order valence-electron chi connectivity index (χ4n) is 4.39. The summed E-state index contributed by atoms with van der Waals surface area (Å²) >= 11 is 1.68. The quantitative estimate of drug-likeness (QED) is 0.341. The largest absolute Gasteiger partial charge is 0.497 e. The summed E-state index contributed by atoms with van der Waals surface area (Å²) < 4.78 is 39.8. The summed E-state index contributed by atoms with van der Waals surface area (Å²) in [6, 6.07) is 17.6. The van der Waals surface area contributed by atoms with Crippen LogP contribution in [-0.2, 0) is 21.2 Å². The summed E-state index contributed by atoms with van der Waals surface area (Å²) in [4.78, 5) is 16.9. The van der Waals surface area contributed by atoms with Gasteiger partial charge in [-0.3, -0.25) is 4.79 Å². The zero-order valence-electron chi connectivity index (χ0n) is 21.5. The Morgan fingerprint density at radius 2 is 1.81 bits per heavy atom. The Labute approximate surface area is 223 Å². The number of fused-ring (bicyclic) bond motifs is 1. The molecule has 0 aliphatic carbocycles. The van der Waals surface area contributed by atoms with Crippen LogP contribution in [0.25, 0.3) is 0 Å². The van der Waals surface area contributed by atoms with Crippen LogP contribution in [0.2, 0.25) is 0 Å². The Balaban J connectivity index is 1.57. The molecule has 3 aromatic rings. The molecule has 1 aromatic heterocycles. The Morgan fingerprint density at radius 1 is 1.08 bits per heavy atom. The number of amides is 1. The molecule has 0 fully saturated rings. The minimum absolute atomic E-state index is 0.146. The lowest BCUT2D eigenvalue weighted by molar-refractivity contribution is -0.135. The van der Waals surface area contributed by atoms with Crippen LogP contribution in [0.5, 0.6) is 11.5 Å². The highest BCUT2D eigenvalue weighted by molar-refractivity contribution is 7.89. The van der Waals surface area contributed by atoms with Crippen LogP contribution < -0.4 is 9.47 Å². The highest BCUT2D eigenvalue weighted by Crippen LogP contribution is 2.34. The zero-order chi connectivity index (χ0) is 26.4. The molecule has 2 aromatic carbocycles. The molecule has 37 heavy (non-hydrogen) atoms. The van der Waals surface area contributed by atoms with Gasteiger partial charge < -0.3 is 14.4 Å². The molecule has 4 rings (SSSR count). The van der Waals surface area contributed by atoms with Crippen LogP contribution in [0, 0.1) is 5.92 Å². The Bertz CT molecular complexity index is 1270. The lowest BCUT2D eigenvalue weighted by Gasteiger charge is -2.37. The van der Waals surface area contributed by atoms with Crippen molar-refractivity contribution >= 4 is 27.3 Å². The van der Waals surface area contributed by atoms with Crippen molar-refractivity contribution in [2.75, 3.05) is 33.4 Å². The van der Waals surface area contributed by atoms with E-state index in [4.69, 9.17) is 9.47 Å². The molecule has 0 unspecified atom stereocenters. The third-order valence-corrected chi connectivity index (χ3v) is 9.39. The molecule has 1 aliphatic heterocycles. The first-order chi connectivity index (χ1) is 17.8. The number of carbonyl (C=O) groups is 1. The summed E-state index contributed by atoms with van der Waals surface area (Å²) in [5, 5.41) is 2.04. The van der Waals surface area contributed by atoms with Gasteiger partial charge in [-0.2, -0.15) is 4.31 Å². The number of nitrogens with zero attached hydrogens (tertiary/aromatic N) is 2. The van der Waals surface area contributed by atoms with Gasteiger partial charge in [-0.1, -0.05) is 32.0 Å². The molecule has 0 radical (unpaired) electrons. The van der Waals surface area contributed by atoms with Crippen LogP contribution in [0.3, 0.4) is 0 Å². The minimum atomic E-state index is -3.88. The Morgan fingerprint density at radius 3 is 2.49 bits per heavy atom. The fraction of sp³-hybridized carbons (Fsp3) is 0.393. The maximum atomic E-state index is 13.7. The molecule has 9 heteroatoms. The number of benzene rings is 2. The van der Waals surface area contributed by atoms with Crippen LogP contribution in [0.1, 0.15) is 36.8 Å². The minimum Gasteiger partial charge on any atom is -0.497 e. The van der Waals surface area contributed by atoms with Crippen molar-refractivity contribution in [3.63, 3.8) is 0 Å². The van der Waals surface area contributed by atoms with E-state index in [1.807, 2.05) is 55.6 Å². The molecule has 2 heterocycles. The number of methoxy groups -OCH3 is 1. The number of carbonyl (C=O) groups excluding carboxylic acids is 1. The number of thiophene rings is 1. The number of hydrogen-bond donors (Lipinski definition) is 0. The molecule has 1 atom stereocenters. The van der Waals surface area contributed by atoms with Crippen molar-refractivity contribution in [2.45, 2.75) is 37.6 Å². The second-order valence-corrected chi connectivity index (χ2v) is 12.4. The van der Waals surface area contributed by atoms with Gasteiger partial charge >= 0.3 is 0 Å². The van der Waals surface area contributed by atoms with Crippen LogP contribution in [-0.4, -0.2) is 56.9 Å². The number of para-hydroxylation sites is 1. The van der Waals surface area contributed by atoms with E-state index in [1.54, 1.807) is 28.4 Å². The third-order valence-electron chi connectivity index (χ3n) is 6.53. The van der Waals surface area contributed by atoms with E-state index in [0.717, 1.165) is 17.7 Å².